The lowest BCUT2D eigenvalue weighted by molar-refractivity contribution is 0.313. The van der Waals surface area contributed by atoms with Gasteiger partial charge in [-0.05, 0) is 48.4 Å². The van der Waals surface area contributed by atoms with Crippen molar-refractivity contribution in [3.8, 4) is 5.75 Å². The standard InChI is InChI=1S/C18H25N2O2Si/c19-11-5-13-21-16-7-4-10-18(15-16)23(22-14-6-12-20)17-8-2-1-3-9-17/h1-4,7-10,15H,5-6,11-14,19-20H2. The van der Waals surface area contributed by atoms with Crippen molar-refractivity contribution in [1.82, 2.24) is 0 Å². The minimum Gasteiger partial charge on any atom is -0.494 e. The molecule has 0 bridgehead atoms. The van der Waals surface area contributed by atoms with Crippen LogP contribution in [-0.4, -0.2) is 35.3 Å². The number of rotatable bonds is 10. The van der Waals surface area contributed by atoms with E-state index >= 15 is 0 Å². The second kappa shape index (κ2) is 10.2. The molecular weight excluding hydrogens is 304 g/mol. The molecule has 0 spiro atoms. The van der Waals surface area contributed by atoms with E-state index in [1.54, 1.807) is 0 Å². The summed E-state index contributed by atoms with van der Waals surface area (Å²) in [6.07, 6.45) is 1.72. The van der Waals surface area contributed by atoms with Gasteiger partial charge in [0.05, 0.1) is 6.61 Å². The van der Waals surface area contributed by atoms with Gasteiger partial charge in [0.15, 0.2) is 0 Å². The highest BCUT2D eigenvalue weighted by molar-refractivity contribution is 6.80. The first-order valence-corrected chi connectivity index (χ1v) is 9.44. The molecule has 0 aliphatic heterocycles. The van der Waals surface area contributed by atoms with E-state index in [9.17, 15) is 0 Å². The van der Waals surface area contributed by atoms with E-state index in [1.807, 2.05) is 30.3 Å². The predicted molar refractivity (Wildman–Crippen MR) is 96.7 cm³/mol. The lowest BCUT2D eigenvalue weighted by Gasteiger charge is -2.17. The summed E-state index contributed by atoms with van der Waals surface area (Å²) in [6, 6.07) is 18.6. The van der Waals surface area contributed by atoms with Gasteiger partial charge in [-0.3, -0.25) is 0 Å². The molecule has 0 unspecified atom stereocenters. The summed E-state index contributed by atoms with van der Waals surface area (Å²) in [5.74, 6) is 0.872. The minimum absolute atomic E-state index is 0.640. The summed E-state index contributed by atoms with van der Waals surface area (Å²) in [4.78, 5) is 0. The van der Waals surface area contributed by atoms with Crippen LogP contribution in [0.3, 0.4) is 0 Å². The summed E-state index contributed by atoms with van der Waals surface area (Å²) in [5, 5.41) is 2.41. The van der Waals surface area contributed by atoms with Gasteiger partial charge in [0, 0.05) is 6.61 Å². The molecule has 0 aliphatic carbocycles. The largest absolute Gasteiger partial charge is 0.494 e. The molecule has 4 nitrogen and oxygen atoms in total. The van der Waals surface area contributed by atoms with Crippen molar-refractivity contribution in [3.05, 3.63) is 54.6 Å². The first-order valence-electron chi connectivity index (χ1n) is 8.03. The molecule has 1 radical (unpaired) electrons. The summed E-state index contributed by atoms with van der Waals surface area (Å²) < 4.78 is 11.9. The molecule has 123 valence electrons. The van der Waals surface area contributed by atoms with E-state index in [2.05, 4.69) is 24.3 Å². The zero-order chi connectivity index (χ0) is 16.3. The Bertz CT molecular complexity index is 566. The van der Waals surface area contributed by atoms with E-state index in [4.69, 9.17) is 20.6 Å². The lowest BCUT2D eigenvalue weighted by atomic mass is 10.3. The number of nitrogens with two attached hydrogens (primary N) is 2. The molecule has 0 atom stereocenters. The molecule has 23 heavy (non-hydrogen) atoms. The van der Waals surface area contributed by atoms with E-state index in [-0.39, 0.29) is 0 Å². The summed E-state index contributed by atoms with van der Waals surface area (Å²) in [6.45, 7) is 2.60. The Morgan fingerprint density at radius 2 is 1.48 bits per heavy atom. The summed E-state index contributed by atoms with van der Waals surface area (Å²) in [7, 11) is -1.28. The second-order valence-electron chi connectivity index (χ2n) is 5.20. The lowest BCUT2D eigenvalue weighted by Crippen LogP contribution is -2.45. The third-order valence-corrected chi connectivity index (χ3v) is 5.53. The maximum atomic E-state index is 6.18. The highest BCUT2D eigenvalue weighted by Crippen LogP contribution is 2.09. The van der Waals surface area contributed by atoms with Crippen LogP contribution < -0.4 is 26.6 Å². The fraction of sp³-hybridized carbons (Fsp3) is 0.333. The molecule has 0 aliphatic rings. The van der Waals surface area contributed by atoms with Crippen molar-refractivity contribution in [1.29, 1.82) is 0 Å². The number of hydrogen-bond acceptors (Lipinski definition) is 4. The Hall–Kier alpha value is -1.66. The van der Waals surface area contributed by atoms with Gasteiger partial charge >= 0.3 is 0 Å². The third kappa shape index (κ3) is 5.80. The van der Waals surface area contributed by atoms with Crippen LogP contribution in [0, 0.1) is 0 Å². The van der Waals surface area contributed by atoms with E-state index in [0.29, 0.717) is 26.3 Å². The SMILES string of the molecule is NCCCOc1cccc([Si](OCCCN)c2ccccc2)c1. The van der Waals surface area contributed by atoms with Gasteiger partial charge in [-0.15, -0.1) is 0 Å². The van der Waals surface area contributed by atoms with E-state index < -0.39 is 9.04 Å². The van der Waals surface area contributed by atoms with Gasteiger partial charge < -0.3 is 20.6 Å². The fourth-order valence-corrected chi connectivity index (χ4v) is 4.21. The average molecular weight is 329 g/mol. The molecule has 0 heterocycles. The molecule has 0 amide bonds. The molecule has 2 rings (SSSR count). The van der Waals surface area contributed by atoms with Crippen LogP contribution in [0.4, 0.5) is 0 Å². The molecule has 0 saturated carbocycles. The third-order valence-electron chi connectivity index (χ3n) is 3.34. The number of ether oxygens (including phenoxy) is 1. The Labute approximate surface area is 140 Å². The van der Waals surface area contributed by atoms with Gasteiger partial charge in [0.2, 0.25) is 0 Å². The summed E-state index contributed by atoms with van der Waals surface area (Å²) in [5.41, 5.74) is 11.1. The highest BCUT2D eigenvalue weighted by Gasteiger charge is 2.19. The van der Waals surface area contributed by atoms with Crippen LogP contribution in [0.5, 0.6) is 5.75 Å². The maximum Gasteiger partial charge on any atom is 0.283 e. The van der Waals surface area contributed by atoms with Crippen molar-refractivity contribution in [2.24, 2.45) is 11.5 Å². The molecule has 2 aromatic carbocycles. The Morgan fingerprint density at radius 1 is 0.783 bits per heavy atom. The Morgan fingerprint density at radius 3 is 2.22 bits per heavy atom. The maximum absolute atomic E-state index is 6.18. The van der Waals surface area contributed by atoms with E-state index in [1.165, 1.54) is 10.4 Å². The normalized spacial score (nSPS) is 10.9. The van der Waals surface area contributed by atoms with Crippen LogP contribution in [0.1, 0.15) is 12.8 Å². The van der Waals surface area contributed by atoms with Crippen LogP contribution in [0.15, 0.2) is 54.6 Å². The van der Waals surface area contributed by atoms with Crippen LogP contribution >= 0.6 is 0 Å². The predicted octanol–water partition coefficient (Wildman–Crippen LogP) is 0.885. The number of hydrogen-bond donors (Lipinski definition) is 2. The minimum atomic E-state index is -1.28. The van der Waals surface area contributed by atoms with Gasteiger partial charge in [-0.1, -0.05) is 42.5 Å². The molecule has 5 heteroatoms. The first-order chi connectivity index (χ1) is 11.3. The molecule has 4 N–H and O–H groups in total. The van der Waals surface area contributed by atoms with Crippen molar-refractivity contribution < 1.29 is 9.16 Å². The fourth-order valence-electron chi connectivity index (χ4n) is 2.18. The first kappa shape index (κ1) is 17.7. The van der Waals surface area contributed by atoms with Crippen molar-refractivity contribution in [2.45, 2.75) is 12.8 Å². The topological polar surface area (TPSA) is 70.5 Å². The molecular formula is C18H25N2O2Si. The van der Waals surface area contributed by atoms with Crippen LogP contribution in [0.25, 0.3) is 0 Å². The summed E-state index contributed by atoms with van der Waals surface area (Å²) >= 11 is 0. The van der Waals surface area contributed by atoms with Gasteiger partial charge in [-0.2, -0.15) is 0 Å². The highest BCUT2D eigenvalue weighted by atomic mass is 28.3. The zero-order valence-electron chi connectivity index (χ0n) is 13.4. The van der Waals surface area contributed by atoms with Crippen molar-refractivity contribution in [2.75, 3.05) is 26.3 Å². The average Bonchev–Trinajstić information content (AvgIpc) is 2.60. The van der Waals surface area contributed by atoms with Gasteiger partial charge in [-0.25, -0.2) is 0 Å². The molecule has 2 aromatic rings. The zero-order valence-corrected chi connectivity index (χ0v) is 14.4. The van der Waals surface area contributed by atoms with Crippen LogP contribution in [-0.2, 0) is 4.43 Å². The second-order valence-corrected chi connectivity index (χ2v) is 7.31. The monoisotopic (exact) mass is 329 g/mol. The number of benzene rings is 2. The molecule has 0 aromatic heterocycles. The van der Waals surface area contributed by atoms with Crippen molar-refractivity contribution >= 4 is 19.4 Å². The van der Waals surface area contributed by atoms with Crippen LogP contribution in [0.2, 0.25) is 0 Å². The Balaban J connectivity index is 2.15. The van der Waals surface area contributed by atoms with Crippen molar-refractivity contribution in [3.63, 3.8) is 0 Å². The Kier molecular flexibility index (Phi) is 7.83. The van der Waals surface area contributed by atoms with E-state index in [0.717, 1.165) is 18.6 Å². The smallest absolute Gasteiger partial charge is 0.283 e. The molecule has 0 fully saturated rings. The van der Waals surface area contributed by atoms with Gasteiger partial charge in [0.25, 0.3) is 9.04 Å². The quantitative estimate of drug-likeness (QED) is 0.502. The van der Waals surface area contributed by atoms with Gasteiger partial charge in [0.1, 0.15) is 5.75 Å². The molecule has 0 saturated heterocycles.